The van der Waals surface area contributed by atoms with Crippen LogP contribution in [0.4, 0.5) is 0 Å². The Morgan fingerprint density at radius 3 is 3.00 bits per heavy atom. The fourth-order valence-corrected chi connectivity index (χ4v) is 2.77. The maximum absolute atomic E-state index is 11.9. The summed E-state index contributed by atoms with van der Waals surface area (Å²) in [6.07, 6.45) is 8.52. The average Bonchev–Trinajstić information content (AvgIpc) is 2.77. The van der Waals surface area contributed by atoms with Crippen LogP contribution >= 0.6 is 0 Å². The molecule has 17 heavy (non-hydrogen) atoms. The number of nitrogens with one attached hydrogen (secondary N) is 2. The quantitative estimate of drug-likeness (QED) is 0.731. The van der Waals surface area contributed by atoms with Crippen LogP contribution in [0.1, 0.15) is 39.0 Å². The van der Waals surface area contributed by atoms with E-state index >= 15 is 0 Å². The number of allylic oxidation sites excluding steroid dienone is 1. The smallest absolute Gasteiger partial charge is 0.224 e. The second-order valence-electron chi connectivity index (χ2n) is 5.39. The second kappa shape index (κ2) is 6.20. The lowest BCUT2D eigenvalue weighted by Gasteiger charge is -2.16. The van der Waals surface area contributed by atoms with Crippen molar-refractivity contribution in [3.8, 4) is 0 Å². The van der Waals surface area contributed by atoms with Gasteiger partial charge in [0.25, 0.3) is 0 Å². The van der Waals surface area contributed by atoms with Gasteiger partial charge >= 0.3 is 0 Å². The van der Waals surface area contributed by atoms with E-state index < -0.39 is 0 Å². The van der Waals surface area contributed by atoms with Gasteiger partial charge in [-0.1, -0.05) is 18.6 Å². The molecule has 2 atom stereocenters. The molecule has 0 spiro atoms. The molecule has 0 radical (unpaired) electrons. The normalized spacial score (nSPS) is 28.9. The number of carbonyl (C=O) groups is 1. The highest BCUT2D eigenvalue weighted by molar-refractivity contribution is 5.79. The van der Waals surface area contributed by atoms with Crippen LogP contribution in [0.15, 0.2) is 11.6 Å². The highest BCUT2D eigenvalue weighted by Crippen LogP contribution is 2.20. The Balaban J connectivity index is 1.67. The fraction of sp³-hybridized carbons (Fsp3) is 0.786. The van der Waals surface area contributed by atoms with Gasteiger partial charge in [0.1, 0.15) is 0 Å². The molecule has 3 heteroatoms. The van der Waals surface area contributed by atoms with Crippen molar-refractivity contribution in [3.63, 3.8) is 0 Å². The van der Waals surface area contributed by atoms with Crippen molar-refractivity contribution in [2.75, 3.05) is 19.6 Å². The minimum atomic E-state index is 0.176. The van der Waals surface area contributed by atoms with Gasteiger partial charge in [0.05, 0.1) is 5.92 Å². The van der Waals surface area contributed by atoms with Crippen LogP contribution in [-0.4, -0.2) is 25.5 Å². The summed E-state index contributed by atoms with van der Waals surface area (Å²) < 4.78 is 0. The monoisotopic (exact) mass is 236 g/mol. The molecule has 0 saturated carbocycles. The van der Waals surface area contributed by atoms with E-state index in [2.05, 4.69) is 23.6 Å². The van der Waals surface area contributed by atoms with E-state index in [0.717, 1.165) is 26.1 Å². The Morgan fingerprint density at radius 2 is 2.35 bits per heavy atom. The molecule has 3 nitrogen and oxygen atoms in total. The molecule has 1 aliphatic carbocycles. The molecule has 1 heterocycles. The number of rotatable bonds is 4. The number of hydrogen-bond acceptors (Lipinski definition) is 2. The van der Waals surface area contributed by atoms with Gasteiger partial charge < -0.3 is 10.6 Å². The highest BCUT2D eigenvalue weighted by atomic mass is 16.1. The highest BCUT2D eigenvalue weighted by Gasteiger charge is 2.29. The van der Waals surface area contributed by atoms with Crippen molar-refractivity contribution in [1.29, 1.82) is 0 Å². The lowest BCUT2D eigenvalue weighted by Crippen LogP contribution is -2.35. The molecule has 2 N–H and O–H groups in total. The molecule has 1 saturated heterocycles. The molecule has 2 rings (SSSR count). The molecule has 1 amide bonds. The van der Waals surface area contributed by atoms with E-state index in [1.54, 1.807) is 0 Å². The molecule has 2 aliphatic rings. The van der Waals surface area contributed by atoms with Crippen molar-refractivity contribution < 1.29 is 4.79 Å². The van der Waals surface area contributed by atoms with Crippen molar-refractivity contribution in [2.45, 2.75) is 39.0 Å². The third-order valence-corrected chi connectivity index (χ3v) is 3.98. The first-order chi connectivity index (χ1) is 8.27. The summed E-state index contributed by atoms with van der Waals surface area (Å²) in [7, 11) is 0. The fourth-order valence-electron chi connectivity index (χ4n) is 2.77. The first kappa shape index (κ1) is 12.6. The maximum atomic E-state index is 11.9. The van der Waals surface area contributed by atoms with Crippen LogP contribution in [0.5, 0.6) is 0 Å². The van der Waals surface area contributed by atoms with Crippen molar-refractivity contribution in [2.24, 2.45) is 11.8 Å². The lowest BCUT2D eigenvalue weighted by molar-refractivity contribution is -0.125. The van der Waals surface area contributed by atoms with E-state index in [4.69, 9.17) is 0 Å². The Kier molecular flexibility index (Phi) is 4.60. The first-order valence-corrected chi connectivity index (χ1v) is 6.93. The lowest BCUT2D eigenvalue weighted by atomic mass is 9.96. The zero-order valence-electron chi connectivity index (χ0n) is 10.8. The first-order valence-electron chi connectivity index (χ1n) is 6.93. The molecule has 0 aromatic rings. The maximum Gasteiger partial charge on any atom is 0.224 e. The molecular formula is C14H24N2O. The molecule has 0 aromatic heterocycles. The summed E-state index contributed by atoms with van der Waals surface area (Å²) in [6.45, 7) is 4.78. The standard InChI is InChI=1S/C14H24N2O/c1-11-9-15-10-13(11)14(17)16-8-7-12-5-3-2-4-6-12/h5,11,13,15H,2-4,6-10H2,1H3,(H,16,17)/t11-,13-/m1/s1. The SMILES string of the molecule is C[C@@H]1CNC[C@H]1C(=O)NCCC1=CCCCC1. The predicted octanol–water partition coefficient (Wildman–Crippen LogP) is 1.85. The minimum Gasteiger partial charge on any atom is -0.355 e. The van der Waals surface area contributed by atoms with Gasteiger partial charge in [0.15, 0.2) is 0 Å². The van der Waals surface area contributed by atoms with Crippen LogP contribution in [0.3, 0.4) is 0 Å². The molecule has 0 unspecified atom stereocenters. The molecule has 0 aromatic carbocycles. The summed E-state index contributed by atoms with van der Waals surface area (Å²) in [5.74, 6) is 0.887. The second-order valence-corrected chi connectivity index (χ2v) is 5.39. The summed E-state index contributed by atoms with van der Waals surface area (Å²) in [6, 6.07) is 0. The van der Waals surface area contributed by atoms with Gasteiger partial charge in [-0.25, -0.2) is 0 Å². The van der Waals surface area contributed by atoms with E-state index in [-0.39, 0.29) is 11.8 Å². The molecule has 1 aliphatic heterocycles. The van der Waals surface area contributed by atoms with E-state index in [9.17, 15) is 4.79 Å². The molecule has 0 bridgehead atoms. The third-order valence-electron chi connectivity index (χ3n) is 3.98. The van der Waals surface area contributed by atoms with Crippen LogP contribution in [0.2, 0.25) is 0 Å². The van der Waals surface area contributed by atoms with Gasteiger partial charge in [-0.15, -0.1) is 0 Å². The topological polar surface area (TPSA) is 41.1 Å². The van der Waals surface area contributed by atoms with E-state index in [0.29, 0.717) is 5.92 Å². The van der Waals surface area contributed by atoms with Gasteiger partial charge in [0, 0.05) is 13.1 Å². The Labute approximate surface area is 104 Å². The van der Waals surface area contributed by atoms with Gasteiger partial charge in [-0.05, 0) is 44.6 Å². The van der Waals surface area contributed by atoms with Crippen molar-refractivity contribution in [1.82, 2.24) is 10.6 Å². The van der Waals surface area contributed by atoms with Gasteiger partial charge in [-0.2, -0.15) is 0 Å². The zero-order chi connectivity index (χ0) is 12.1. The van der Waals surface area contributed by atoms with Crippen LogP contribution < -0.4 is 10.6 Å². The molecule has 96 valence electrons. The third kappa shape index (κ3) is 3.56. The summed E-state index contributed by atoms with van der Waals surface area (Å²) in [5.41, 5.74) is 1.54. The van der Waals surface area contributed by atoms with Crippen molar-refractivity contribution in [3.05, 3.63) is 11.6 Å². The van der Waals surface area contributed by atoms with Crippen LogP contribution in [-0.2, 0) is 4.79 Å². The average molecular weight is 236 g/mol. The Bertz CT molecular complexity index is 299. The zero-order valence-corrected chi connectivity index (χ0v) is 10.8. The van der Waals surface area contributed by atoms with Crippen LogP contribution in [0.25, 0.3) is 0 Å². The molecule has 1 fully saturated rings. The van der Waals surface area contributed by atoms with Gasteiger partial charge in [0.2, 0.25) is 5.91 Å². The van der Waals surface area contributed by atoms with Gasteiger partial charge in [-0.3, -0.25) is 4.79 Å². The number of amides is 1. The Hall–Kier alpha value is -0.830. The Morgan fingerprint density at radius 1 is 1.47 bits per heavy atom. The predicted molar refractivity (Wildman–Crippen MR) is 69.7 cm³/mol. The summed E-state index contributed by atoms with van der Waals surface area (Å²) >= 11 is 0. The summed E-state index contributed by atoms with van der Waals surface area (Å²) in [5, 5.41) is 6.35. The molecular weight excluding hydrogens is 212 g/mol. The number of hydrogen-bond donors (Lipinski definition) is 2. The van der Waals surface area contributed by atoms with Crippen molar-refractivity contribution >= 4 is 5.91 Å². The van der Waals surface area contributed by atoms with Crippen LogP contribution in [0, 0.1) is 11.8 Å². The summed E-state index contributed by atoms with van der Waals surface area (Å²) in [4.78, 5) is 11.9. The van der Waals surface area contributed by atoms with E-state index in [1.807, 2.05) is 0 Å². The van der Waals surface area contributed by atoms with E-state index in [1.165, 1.54) is 31.3 Å². The number of carbonyl (C=O) groups excluding carboxylic acids is 1. The largest absolute Gasteiger partial charge is 0.355 e. The minimum absolute atomic E-state index is 0.176.